The van der Waals surface area contributed by atoms with Gasteiger partial charge in [-0.3, -0.25) is 19.4 Å². The molecule has 0 saturated carbocycles. The van der Waals surface area contributed by atoms with Crippen molar-refractivity contribution in [2.24, 2.45) is 5.92 Å². The van der Waals surface area contributed by atoms with E-state index in [0.29, 0.717) is 30.7 Å². The number of carbonyl (C=O) groups excluding carboxylic acids is 3. The monoisotopic (exact) mass is 711 g/mol. The summed E-state index contributed by atoms with van der Waals surface area (Å²) in [6.07, 6.45) is 34.7. The van der Waals surface area contributed by atoms with Gasteiger partial charge >= 0.3 is 0 Å². The molecule has 0 fully saturated rings. The van der Waals surface area contributed by atoms with E-state index in [1.165, 1.54) is 27.8 Å². The van der Waals surface area contributed by atoms with Crippen LogP contribution in [0.3, 0.4) is 0 Å². The number of ketones is 1. The molecule has 0 spiro atoms. The van der Waals surface area contributed by atoms with E-state index in [1.54, 1.807) is 18.3 Å². The lowest BCUT2D eigenvalue weighted by Gasteiger charge is -2.32. The van der Waals surface area contributed by atoms with E-state index in [2.05, 4.69) is 89.4 Å². The highest BCUT2D eigenvalue weighted by Gasteiger charge is 2.38. The highest BCUT2D eigenvalue weighted by molar-refractivity contribution is 8.77. The highest BCUT2D eigenvalue weighted by Crippen LogP contribution is 2.42. The standard InChI is InChI=1S/C39H57N3O5S2/c1-4-5-6-7-8-9-10-11-12-13-14-15-16-17-18-19-20-21-22-25-37(46)41-27-28-48-49-39(2,3)35(38(47)42-31-34(44)32-43)29-36(45)33-24-23-26-40-30-33/h5-6,8-9,11-12,14-15,17-18,20-21,23-24,26,30,34-35,43-44H,4,7,10,13,16,19,22,25,27-29,31-32H2,1-3H3,(H,41,46)(H,42,47)/b6-5-,9-8-,12-11-,15-14-,18-17-,21-20-/t34-,35+/m1/s1. The Balaban J connectivity index is 2.29. The summed E-state index contributed by atoms with van der Waals surface area (Å²) in [7, 11) is 3.01. The molecule has 4 N–H and O–H groups in total. The molecule has 10 heteroatoms. The Hall–Kier alpha value is -3.18. The van der Waals surface area contributed by atoms with Crippen LogP contribution in [0.5, 0.6) is 0 Å². The van der Waals surface area contributed by atoms with Crippen LogP contribution >= 0.6 is 21.6 Å². The van der Waals surface area contributed by atoms with E-state index < -0.39 is 23.4 Å². The molecule has 8 nitrogen and oxygen atoms in total. The third kappa shape index (κ3) is 23.0. The fraction of sp³-hybridized carbons (Fsp3) is 0.487. The van der Waals surface area contributed by atoms with Crippen LogP contribution in [0.25, 0.3) is 0 Å². The van der Waals surface area contributed by atoms with Gasteiger partial charge in [0, 0.05) is 54.4 Å². The lowest BCUT2D eigenvalue weighted by atomic mass is 9.87. The second kappa shape index (κ2) is 28.6. The molecule has 2 atom stereocenters. The van der Waals surface area contributed by atoms with Gasteiger partial charge in [-0.15, -0.1) is 0 Å². The number of pyridine rings is 1. The fourth-order valence-electron chi connectivity index (χ4n) is 4.32. The van der Waals surface area contributed by atoms with Crippen molar-refractivity contribution in [1.82, 2.24) is 15.6 Å². The minimum absolute atomic E-state index is 0.00819. The first-order valence-corrected chi connectivity index (χ1v) is 19.5. The maximum atomic E-state index is 13.1. The van der Waals surface area contributed by atoms with Crippen LogP contribution in [0.4, 0.5) is 0 Å². The molecule has 1 aromatic rings. The number of allylic oxidation sites excluding steroid dienone is 12. The number of aromatic nitrogens is 1. The largest absolute Gasteiger partial charge is 0.394 e. The molecule has 0 aliphatic heterocycles. The Bertz CT molecular complexity index is 1240. The summed E-state index contributed by atoms with van der Waals surface area (Å²) in [5.74, 6) is -0.640. The van der Waals surface area contributed by atoms with Gasteiger partial charge in [-0.05, 0) is 70.9 Å². The maximum absolute atomic E-state index is 13.1. The molecule has 2 amide bonds. The maximum Gasteiger partial charge on any atom is 0.225 e. The van der Waals surface area contributed by atoms with E-state index in [4.69, 9.17) is 5.11 Å². The van der Waals surface area contributed by atoms with Gasteiger partial charge in [0.25, 0.3) is 0 Å². The SMILES string of the molecule is CC/C=C\C/C=C\C/C=C\C/C=C\C/C=C\C/C=C\CCC(=O)NCCSSC(C)(C)[C@@H](CC(=O)c1cccnc1)C(=O)NC[C@@H](O)CO. The number of Topliss-reactive ketones (excluding diaryl/α,β-unsaturated/α-hetero) is 1. The molecule has 0 radical (unpaired) electrons. The summed E-state index contributed by atoms with van der Waals surface area (Å²) in [6, 6.07) is 3.34. The number of nitrogens with zero attached hydrogens (tertiary/aromatic N) is 1. The van der Waals surface area contributed by atoms with E-state index in [9.17, 15) is 19.5 Å². The van der Waals surface area contributed by atoms with Crippen molar-refractivity contribution < 1.29 is 24.6 Å². The lowest BCUT2D eigenvalue weighted by Crippen LogP contribution is -2.45. The van der Waals surface area contributed by atoms with Crippen molar-refractivity contribution in [1.29, 1.82) is 0 Å². The van der Waals surface area contributed by atoms with Gasteiger partial charge in [-0.1, -0.05) is 101 Å². The minimum Gasteiger partial charge on any atom is -0.394 e. The molecule has 1 rings (SSSR count). The number of hydrogen-bond acceptors (Lipinski definition) is 8. The average molecular weight is 712 g/mol. The molecule has 0 bridgehead atoms. The number of hydrogen-bond donors (Lipinski definition) is 4. The Kier molecular flexibility index (Phi) is 25.6. The van der Waals surface area contributed by atoms with Crippen LogP contribution in [0, 0.1) is 5.92 Å². The summed E-state index contributed by atoms with van der Waals surface area (Å²) in [5.41, 5.74) is 0.427. The minimum atomic E-state index is -1.08. The third-order valence-electron chi connectivity index (χ3n) is 7.17. The second-order valence-corrected chi connectivity index (χ2v) is 14.9. The number of aliphatic hydroxyl groups excluding tert-OH is 2. The van der Waals surface area contributed by atoms with E-state index in [-0.39, 0.29) is 30.6 Å². The van der Waals surface area contributed by atoms with Crippen molar-refractivity contribution in [3.63, 3.8) is 0 Å². The quantitative estimate of drug-likeness (QED) is 0.0320. The first-order chi connectivity index (χ1) is 23.7. The van der Waals surface area contributed by atoms with Gasteiger partial charge < -0.3 is 20.8 Å². The summed E-state index contributed by atoms with van der Waals surface area (Å²) >= 11 is 0. The Morgan fingerprint density at radius 2 is 1.45 bits per heavy atom. The smallest absolute Gasteiger partial charge is 0.225 e. The molecular weight excluding hydrogens is 655 g/mol. The first kappa shape index (κ1) is 43.8. The van der Waals surface area contributed by atoms with Crippen molar-refractivity contribution >= 4 is 39.2 Å². The van der Waals surface area contributed by atoms with Gasteiger partial charge in [0.2, 0.25) is 11.8 Å². The van der Waals surface area contributed by atoms with Crippen LogP contribution < -0.4 is 10.6 Å². The Morgan fingerprint density at radius 1 is 0.878 bits per heavy atom. The molecule has 0 saturated heterocycles. The average Bonchev–Trinajstić information content (AvgIpc) is 3.10. The third-order valence-corrected chi connectivity index (χ3v) is 10.5. The molecule has 0 aliphatic carbocycles. The number of rotatable bonds is 27. The van der Waals surface area contributed by atoms with Gasteiger partial charge in [0.1, 0.15) is 0 Å². The van der Waals surface area contributed by atoms with Crippen LogP contribution in [0.1, 0.15) is 88.9 Å². The number of nitrogens with one attached hydrogen (secondary N) is 2. The molecule has 0 unspecified atom stereocenters. The lowest BCUT2D eigenvalue weighted by molar-refractivity contribution is -0.126. The summed E-state index contributed by atoms with van der Waals surface area (Å²) in [6.45, 7) is 5.86. The van der Waals surface area contributed by atoms with Crippen molar-refractivity contribution in [2.75, 3.05) is 25.4 Å². The van der Waals surface area contributed by atoms with Crippen LogP contribution in [-0.2, 0) is 9.59 Å². The van der Waals surface area contributed by atoms with Gasteiger partial charge in [-0.25, -0.2) is 0 Å². The summed E-state index contributed by atoms with van der Waals surface area (Å²) in [4.78, 5) is 42.3. The molecule has 0 aliphatic rings. The number of aliphatic hydroxyl groups is 2. The Labute approximate surface area is 302 Å². The topological polar surface area (TPSA) is 129 Å². The van der Waals surface area contributed by atoms with E-state index >= 15 is 0 Å². The molecular formula is C39H57N3O5S2. The van der Waals surface area contributed by atoms with Crippen LogP contribution in [0.15, 0.2) is 97.4 Å². The molecule has 0 aromatic carbocycles. The fourth-order valence-corrected chi connectivity index (χ4v) is 6.96. The summed E-state index contributed by atoms with van der Waals surface area (Å²) in [5, 5.41) is 24.4. The first-order valence-electron chi connectivity index (χ1n) is 17.2. The van der Waals surface area contributed by atoms with Crippen LogP contribution in [0.2, 0.25) is 0 Å². The Morgan fingerprint density at radius 3 is 1.98 bits per heavy atom. The predicted octanol–water partition coefficient (Wildman–Crippen LogP) is 7.49. The molecule has 1 aromatic heterocycles. The highest BCUT2D eigenvalue weighted by atomic mass is 33.1. The zero-order chi connectivity index (χ0) is 36.0. The number of carbonyl (C=O) groups is 3. The van der Waals surface area contributed by atoms with Crippen LogP contribution in [-0.4, -0.2) is 69.1 Å². The van der Waals surface area contributed by atoms with E-state index in [1.807, 2.05) is 19.9 Å². The van der Waals surface area contributed by atoms with Crippen molar-refractivity contribution in [3.05, 3.63) is 103 Å². The molecule has 1 heterocycles. The predicted molar refractivity (Wildman–Crippen MR) is 207 cm³/mol. The van der Waals surface area contributed by atoms with Crippen molar-refractivity contribution in [3.8, 4) is 0 Å². The zero-order valence-corrected chi connectivity index (χ0v) is 31.1. The molecule has 270 valence electrons. The molecule has 49 heavy (non-hydrogen) atoms. The summed E-state index contributed by atoms with van der Waals surface area (Å²) < 4.78 is -0.642. The van der Waals surface area contributed by atoms with Gasteiger partial charge in [-0.2, -0.15) is 0 Å². The van der Waals surface area contributed by atoms with Gasteiger partial charge in [0.15, 0.2) is 5.78 Å². The number of amides is 2. The van der Waals surface area contributed by atoms with Gasteiger partial charge in [0.05, 0.1) is 18.6 Å². The second-order valence-electron chi connectivity index (χ2n) is 11.8. The van der Waals surface area contributed by atoms with Crippen molar-refractivity contribution in [2.45, 2.75) is 89.4 Å². The zero-order valence-electron chi connectivity index (χ0n) is 29.5. The normalized spacial score (nSPS) is 13.8. The van der Waals surface area contributed by atoms with E-state index in [0.717, 1.165) is 38.5 Å².